The standard InChI is InChI=1S/C17H30N4O/c1-3-19(4-2)11-15-12-20-8-7-18-17(20)14-21(13-15)16-5-9-22-10-6-16/h7-8,15-16H,3-6,9-14H2,1-2H3. The highest BCUT2D eigenvalue weighted by molar-refractivity contribution is 4.97. The molecule has 1 unspecified atom stereocenters. The summed E-state index contributed by atoms with van der Waals surface area (Å²) in [5, 5.41) is 0. The quantitative estimate of drug-likeness (QED) is 0.831. The van der Waals surface area contributed by atoms with E-state index in [1.165, 1.54) is 31.8 Å². The van der Waals surface area contributed by atoms with E-state index in [1.54, 1.807) is 0 Å². The van der Waals surface area contributed by atoms with Crippen LogP contribution in [0.4, 0.5) is 0 Å². The first-order chi connectivity index (χ1) is 10.8. The number of ether oxygens (including phenoxy) is 1. The third kappa shape index (κ3) is 3.70. The number of hydrogen-bond donors (Lipinski definition) is 0. The van der Waals surface area contributed by atoms with Crippen LogP contribution in [-0.2, 0) is 17.8 Å². The van der Waals surface area contributed by atoms with Crippen LogP contribution in [0.2, 0.25) is 0 Å². The van der Waals surface area contributed by atoms with Crippen molar-refractivity contribution in [3.05, 3.63) is 18.2 Å². The van der Waals surface area contributed by atoms with Gasteiger partial charge in [0.15, 0.2) is 0 Å². The van der Waals surface area contributed by atoms with Crippen LogP contribution in [0, 0.1) is 5.92 Å². The van der Waals surface area contributed by atoms with Crippen molar-refractivity contribution >= 4 is 0 Å². The summed E-state index contributed by atoms with van der Waals surface area (Å²) in [5.41, 5.74) is 0. The van der Waals surface area contributed by atoms with Crippen molar-refractivity contribution in [2.45, 2.75) is 45.8 Å². The van der Waals surface area contributed by atoms with Crippen molar-refractivity contribution in [2.24, 2.45) is 5.92 Å². The third-order valence-corrected chi connectivity index (χ3v) is 5.21. The molecule has 1 atom stereocenters. The summed E-state index contributed by atoms with van der Waals surface area (Å²) in [4.78, 5) is 9.81. The monoisotopic (exact) mass is 306 g/mol. The summed E-state index contributed by atoms with van der Waals surface area (Å²) in [7, 11) is 0. The molecule has 0 spiro atoms. The first-order valence-corrected chi connectivity index (χ1v) is 8.84. The molecule has 0 amide bonds. The van der Waals surface area contributed by atoms with Crippen LogP contribution in [-0.4, -0.2) is 64.8 Å². The van der Waals surface area contributed by atoms with Gasteiger partial charge in [0.05, 0.1) is 6.54 Å². The van der Waals surface area contributed by atoms with Gasteiger partial charge in [-0.3, -0.25) is 4.90 Å². The van der Waals surface area contributed by atoms with E-state index in [9.17, 15) is 0 Å². The van der Waals surface area contributed by atoms with Crippen LogP contribution >= 0.6 is 0 Å². The molecule has 1 aromatic heterocycles. The normalized spacial score (nSPS) is 24.4. The van der Waals surface area contributed by atoms with Crippen molar-refractivity contribution in [3.8, 4) is 0 Å². The van der Waals surface area contributed by atoms with Crippen LogP contribution in [0.15, 0.2) is 12.4 Å². The molecule has 0 radical (unpaired) electrons. The van der Waals surface area contributed by atoms with Gasteiger partial charge in [0.2, 0.25) is 0 Å². The molecule has 1 fully saturated rings. The zero-order chi connectivity index (χ0) is 15.4. The van der Waals surface area contributed by atoms with E-state index >= 15 is 0 Å². The number of nitrogens with zero attached hydrogens (tertiary/aromatic N) is 4. The first kappa shape index (κ1) is 16.0. The molecule has 0 bridgehead atoms. The lowest BCUT2D eigenvalue weighted by Crippen LogP contribution is -2.43. The fourth-order valence-corrected chi connectivity index (χ4v) is 3.86. The molecule has 2 aliphatic heterocycles. The highest BCUT2D eigenvalue weighted by Crippen LogP contribution is 2.23. The fourth-order valence-electron chi connectivity index (χ4n) is 3.86. The molecular weight excluding hydrogens is 276 g/mol. The van der Waals surface area contributed by atoms with E-state index in [2.05, 4.69) is 39.4 Å². The molecule has 1 aromatic rings. The number of aromatic nitrogens is 2. The van der Waals surface area contributed by atoms with Gasteiger partial charge in [-0.15, -0.1) is 0 Å². The second-order valence-corrected chi connectivity index (χ2v) is 6.62. The molecular formula is C17H30N4O. The predicted octanol–water partition coefficient (Wildman–Crippen LogP) is 1.84. The Bertz CT molecular complexity index is 451. The fraction of sp³-hybridized carbons (Fsp3) is 0.824. The number of imidazole rings is 1. The molecule has 0 aliphatic carbocycles. The molecule has 1 saturated heterocycles. The van der Waals surface area contributed by atoms with Crippen LogP contribution in [0.5, 0.6) is 0 Å². The molecule has 124 valence electrons. The SMILES string of the molecule is CCN(CC)CC1CN(C2CCOCC2)Cc2nccn2C1. The smallest absolute Gasteiger partial charge is 0.122 e. The van der Waals surface area contributed by atoms with Crippen molar-refractivity contribution < 1.29 is 4.74 Å². The third-order valence-electron chi connectivity index (χ3n) is 5.21. The maximum absolute atomic E-state index is 5.55. The summed E-state index contributed by atoms with van der Waals surface area (Å²) in [5.74, 6) is 1.91. The Hall–Kier alpha value is -0.910. The lowest BCUT2D eigenvalue weighted by Gasteiger charge is -2.35. The van der Waals surface area contributed by atoms with Crippen LogP contribution in [0.3, 0.4) is 0 Å². The summed E-state index contributed by atoms with van der Waals surface area (Å²) < 4.78 is 7.92. The van der Waals surface area contributed by atoms with E-state index < -0.39 is 0 Å². The second kappa shape index (κ2) is 7.57. The molecule has 3 rings (SSSR count). The molecule has 22 heavy (non-hydrogen) atoms. The maximum Gasteiger partial charge on any atom is 0.122 e. The van der Waals surface area contributed by atoms with Gasteiger partial charge in [0.25, 0.3) is 0 Å². The zero-order valence-electron chi connectivity index (χ0n) is 14.1. The Morgan fingerprint density at radius 1 is 1.23 bits per heavy atom. The first-order valence-electron chi connectivity index (χ1n) is 8.84. The maximum atomic E-state index is 5.55. The highest BCUT2D eigenvalue weighted by atomic mass is 16.5. The Balaban J connectivity index is 1.73. The number of hydrogen-bond acceptors (Lipinski definition) is 4. The van der Waals surface area contributed by atoms with Crippen molar-refractivity contribution in [2.75, 3.05) is 39.4 Å². The van der Waals surface area contributed by atoms with Gasteiger partial charge in [-0.2, -0.15) is 0 Å². The summed E-state index contributed by atoms with van der Waals surface area (Å²) >= 11 is 0. The van der Waals surface area contributed by atoms with Gasteiger partial charge in [-0.05, 0) is 25.9 Å². The Kier molecular flexibility index (Phi) is 5.50. The molecule has 0 saturated carbocycles. The lowest BCUT2D eigenvalue weighted by atomic mass is 10.0. The van der Waals surface area contributed by atoms with E-state index in [-0.39, 0.29) is 0 Å². The molecule has 5 nitrogen and oxygen atoms in total. The zero-order valence-corrected chi connectivity index (χ0v) is 14.1. The van der Waals surface area contributed by atoms with Crippen molar-refractivity contribution in [1.29, 1.82) is 0 Å². The van der Waals surface area contributed by atoms with Gasteiger partial charge in [-0.1, -0.05) is 13.8 Å². The van der Waals surface area contributed by atoms with E-state index in [0.29, 0.717) is 12.0 Å². The largest absolute Gasteiger partial charge is 0.381 e. The van der Waals surface area contributed by atoms with Crippen LogP contribution in [0.25, 0.3) is 0 Å². The highest BCUT2D eigenvalue weighted by Gasteiger charge is 2.29. The van der Waals surface area contributed by atoms with Gasteiger partial charge >= 0.3 is 0 Å². The molecule has 3 heterocycles. The molecule has 0 N–H and O–H groups in total. The topological polar surface area (TPSA) is 33.5 Å². The Morgan fingerprint density at radius 3 is 2.73 bits per heavy atom. The van der Waals surface area contributed by atoms with E-state index in [1.807, 2.05) is 6.20 Å². The molecule has 0 aromatic carbocycles. The predicted molar refractivity (Wildman–Crippen MR) is 87.8 cm³/mol. The minimum Gasteiger partial charge on any atom is -0.381 e. The van der Waals surface area contributed by atoms with E-state index in [4.69, 9.17) is 4.74 Å². The average Bonchev–Trinajstić information content (AvgIpc) is 2.92. The Labute approximate surface area is 134 Å². The lowest BCUT2D eigenvalue weighted by molar-refractivity contribution is 0.0239. The van der Waals surface area contributed by atoms with E-state index in [0.717, 1.165) is 39.4 Å². The van der Waals surface area contributed by atoms with Crippen LogP contribution < -0.4 is 0 Å². The summed E-state index contributed by atoms with van der Waals surface area (Å²) in [6.07, 6.45) is 6.44. The van der Waals surface area contributed by atoms with Crippen LogP contribution in [0.1, 0.15) is 32.5 Å². The number of rotatable bonds is 5. The second-order valence-electron chi connectivity index (χ2n) is 6.62. The van der Waals surface area contributed by atoms with Gasteiger partial charge < -0.3 is 14.2 Å². The molecule has 2 aliphatic rings. The summed E-state index contributed by atoms with van der Waals surface area (Å²) in [6, 6.07) is 0.663. The molecule has 5 heteroatoms. The van der Waals surface area contributed by atoms with Crippen molar-refractivity contribution in [3.63, 3.8) is 0 Å². The minimum atomic E-state index is 0.663. The average molecular weight is 306 g/mol. The summed E-state index contributed by atoms with van der Waals surface area (Å²) in [6.45, 7) is 13.1. The van der Waals surface area contributed by atoms with Gasteiger partial charge in [-0.25, -0.2) is 4.98 Å². The Morgan fingerprint density at radius 2 is 2.00 bits per heavy atom. The van der Waals surface area contributed by atoms with Gasteiger partial charge in [0.1, 0.15) is 5.82 Å². The van der Waals surface area contributed by atoms with Gasteiger partial charge in [0, 0.05) is 57.2 Å². The van der Waals surface area contributed by atoms with Crippen molar-refractivity contribution in [1.82, 2.24) is 19.4 Å². The number of fused-ring (bicyclic) bond motifs is 1. The minimum absolute atomic E-state index is 0.663.